The molecule has 5 heteroatoms. The third kappa shape index (κ3) is 1.77. The summed E-state index contributed by atoms with van der Waals surface area (Å²) in [4.78, 5) is 3.25. The normalized spacial score (nSPS) is 10.5. The lowest BCUT2D eigenvalue weighted by atomic mass is 10.3. The lowest BCUT2D eigenvalue weighted by Gasteiger charge is -1.99. The zero-order valence-electron chi connectivity index (χ0n) is 5.26. The molecule has 0 aliphatic heterocycles. The van der Waals surface area contributed by atoms with E-state index in [1.165, 1.54) is 0 Å². The molecule has 0 fully saturated rings. The first-order chi connectivity index (χ1) is 5.11. The van der Waals surface area contributed by atoms with Crippen molar-refractivity contribution < 1.29 is 13.9 Å². The summed E-state index contributed by atoms with van der Waals surface area (Å²) in [6.45, 7) is 0. The Balaban J connectivity index is 3.05. The van der Waals surface area contributed by atoms with Crippen molar-refractivity contribution >= 4 is 11.6 Å². The maximum absolute atomic E-state index is 11.9. The molecule has 1 aromatic rings. The summed E-state index contributed by atoms with van der Waals surface area (Å²) in [5, 5.41) is 8.67. The Morgan fingerprint density at radius 2 is 2.18 bits per heavy atom. The van der Waals surface area contributed by atoms with E-state index in [1.807, 2.05) is 0 Å². The molecule has 0 unspecified atom stereocenters. The Morgan fingerprint density at radius 1 is 1.55 bits per heavy atom. The Morgan fingerprint density at radius 3 is 2.64 bits per heavy atom. The van der Waals surface area contributed by atoms with E-state index in [0.29, 0.717) is 0 Å². The van der Waals surface area contributed by atoms with Crippen LogP contribution in [0.5, 0.6) is 5.75 Å². The molecular formula is C6H4ClF2NO. The van der Waals surface area contributed by atoms with Crippen LogP contribution in [-0.2, 0) is 0 Å². The molecule has 1 aromatic heterocycles. The van der Waals surface area contributed by atoms with Gasteiger partial charge in [0.25, 0.3) is 6.43 Å². The highest BCUT2D eigenvalue weighted by Crippen LogP contribution is 2.26. The average molecular weight is 180 g/mol. The van der Waals surface area contributed by atoms with E-state index < -0.39 is 12.1 Å². The van der Waals surface area contributed by atoms with Gasteiger partial charge in [-0.2, -0.15) is 0 Å². The van der Waals surface area contributed by atoms with Crippen LogP contribution in [0.2, 0.25) is 5.02 Å². The Hall–Kier alpha value is -0.900. The van der Waals surface area contributed by atoms with Crippen molar-refractivity contribution in [2.45, 2.75) is 6.43 Å². The zero-order valence-corrected chi connectivity index (χ0v) is 6.02. The van der Waals surface area contributed by atoms with E-state index >= 15 is 0 Å². The molecule has 0 aromatic carbocycles. The van der Waals surface area contributed by atoms with Crippen LogP contribution in [-0.4, -0.2) is 10.1 Å². The van der Waals surface area contributed by atoms with Crippen molar-refractivity contribution in [3.8, 4) is 5.75 Å². The van der Waals surface area contributed by atoms with Crippen LogP contribution < -0.4 is 0 Å². The number of pyridine rings is 1. The number of halogens is 3. The van der Waals surface area contributed by atoms with Crippen molar-refractivity contribution in [2.24, 2.45) is 0 Å². The molecule has 0 aliphatic rings. The van der Waals surface area contributed by atoms with Crippen molar-refractivity contribution in [2.75, 3.05) is 0 Å². The SMILES string of the molecule is Oc1cnc(C(F)F)cc1Cl. The molecule has 0 aliphatic carbocycles. The van der Waals surface area contributed by atoms with Gasteiger partial charge >= 0.3 is 0 Å². The molecule has 1 rings (SSSR count). The minimum Gasteiger partial charge on any atom is -0.505 e. The Bertz CT molecular complexity index is 267. The number of hydrogen-bond donors (Lipinski definition) is 1. The summed E-state index contributed by atoms with van der Waals surface area (Å²) in [5.74, 6) is -0.295. The molecule has 0 bridgehead atoms. The van der Waals surface area contributed by atoms with Gasteiger partial charge in [0.05, 0.1) is 11.2 Å². The summed E-state index contributed by atoms with van der Waals surface area (Å²) >= 11 is 5.33. The third-order valence-corrected chi connectivity index (χ3v) is 1.38. The number of aromatic nitrogens is 1. The second kappa shape index (κ2) is 3.00. The topological polar surface area (TPSA) is 33.1 Å². The van der Waals surface area contributed by atoms with Gasteiger partial charge < -0.3 is 5.11 Å². The largest absolute Gasteiger partial charge is 0.505 e. The molecule has 2 nitrogen and oxygen atoms in total. The molecule has 60 valence electrons. The second-order valence-electron chi connectivity index (χ2n) is 1.86. The van der Waals surface area contributed by atoms with Crippen molar-refractivity contribution in [1.29, 1.82) is 0 Å². The van der Waals surface area contributed by atoms with Crippen LogP contribution in [0.15, 0.2) is 12.3 Å². The summed E-state index contributed by atoms with van der Waals surface area (Å²) in [7, 11) is 0. The van der Waals surface area contributed by atoms with Crippen LogP contribution in [0.3, 0.4) is 0 Å². The molecule has 0 saturated carbocycles. The highest BCUT2D eigenvalue weighted by Gasteiger charge is 2.10. The molecule has 0 saturated heterocycles. The number of hydrogen-bond acceptors (Lipinski definition) is 2. The summed E-state index contributed by atoms with van der Waals surface area (Å²) in [6.07, 6.45) is -1.77. The van der Waals surface area contributed by atoms with Crippen molar-refractivity contribution in [1.82, 2.24) is 4.98 Å². The van der Waals surface area contributed by atoms with Gasteiger partial charge in [0.2, 0.25) is 0 Å². The summed E-state index contributed by atoms with van der Waals surface area (Å²) in [5.41, 5.74) is -0.437. The number of alkyl halides is 2. The Labute approximate surface area is 66.4 Å². The van der Waals surface area contributed by atoms with Gasteiger partial charge in [0.1, 0.15) is 5.69 Å². The standard InChI is InChI=1S/C6H4ClF2NO/c7-3-1-4(6(8)9)10-2-5(3)11/h1-2,6,11H. The first kappa shape index (κ1) is 8.20. The van der Waals surface area contributed by atoms with Crippen LogP contribution in [0.1, 0.15) is 12.1 Å². The van der Waals surface area contributed by atoms with E-state index in [-0.39, 0.29) is 10.8 Å². The molecule has 1 N–H and O–H groups in total. The van der Waals surface area contributed by atoms with E-state index in [4.69, 9.17) is 16.7 Å². The number of rotatable bonds is 1. The summed E-state index contributed by atoms with van der Waals surface area (Å²) in [6, 6.07) is 0.932. The van der Waals surface area contributed by atoms with Gasteiger partial charge in [-0.15, -0.1) is 0 Å². The average Bonchev–Trinajstić information content (AvgIpc) is 1.94. The van der Waals surface area contributed by atoms with E-state index in [1.54, 1.807) is 0 Å². The van der Waals surface area contributed by atoms with E-state index in [0.717, 1.165) is 12.3 Å². The maximum atomic E-state index is 11.9. The van der Waals surface area contributed by atoms with Crippen LogP contribution in [0.4, 0.5) is 8.78 Å². The van der Waals surface area contributed by atoms with E-state index in [9.17, 15) is 8.78 Å². The van der Waals surface area contributed by atoms with Gasteiger partial charge in [0.15, 0.2) is 5.75 Å². The van der Waals surface area contributed by atoms with Crippen LogP contribution in [0.25, 0.3) is 0 Å². The second-order valence-corrected chi connectivity index (χ2v) is 2.27. The quantitative estimate of drug-likeness (QED) is 0.718. The molecule has 0 radical (unpaired) electrons. The monoisotopic (exact) mass is 179 g/mol. The van der Waals surface area contributed by atoms with Crippen LogP contribution >= 0.6 is 11.6 Å². The maximum Gasteiger partial charge on any atom is 0.280 e. The fourth-order valence-electron chi connectivity index (χ4n) is 0.558. The molecular weight excluding hydrogens is 176 g/mol. The minimum atomic E-state index is -2.66. The van der Waals surface area contributed by atoms with Crippen molar-refractivity contribution in [3.63, 3.8) is 0 Å². The molecule has 0 amide bonds. The summed E-state index contributed by atoms with van der Waals surface area (Å²) < 4.78 is 23.8. The number of aromatic hydroxyl groups is 1. The lowest BCUT2D eigenvalue weighted by molar-refractivity contribution is 0.146. The first-order valence-electron chi connectivity index (χ1n) is 2.74. The molecule has 0 atom stereocenters. The fraction of sp³-hybridized carbons (Fsp3) is 0.167. The molecule has 0 spiro atoms. The van der Waals surface area contributed by atoms with Gasteiger partial charge in [-0.1, -0.05) is 11.6 Å². The van der Waals surface area contributed by atoms with Gasteiger partial charge in [-0.3, -0.25) is 4.98 Å². The fourth-order valence-corrected chi connectivity index (χ4v) is 0.718. The smallest absolute Gasteiger partial charge is 0.280 e. The molecule has 11 heavy (non-hydrogen) atoms. The lowest BCUT2D eigenvalue weighted by Crippen LogP contribution is -1.88. The predicted molar refractivity (Wildman–Crippen MR) is 35.9 cm³/mol. The number of nitrogens with zero attached hydrogens (tertiary/aromatic N) is 1. The zero-order chi connectivity index (χ0) is 8.43. The Kier molecular flexibility index (Phi) is 2.24. The third-order valence-electron chi connectivity index (χ3n) is 1.08. The van der Waals surface area contributed by atoms with Crippen LogP contribution in [0, 0.1) is 0 Å². The minimum absolute atomic E-state index is 0.115. The van der Waals surface area contributed by atoms with Gasteiger partial charge in [-0.05, 0) is 6.07 Å². The van der Waals surface area contributed by atoms with Gasteiger partial charge in [-0.25, -0.2) is 8.78 Å². The predicted octanol–water partition coefficient (Wildman–Crippen LogP) is 2.38. The van der Waals surface area contributed by atoms with Crippen molar-refractivity contribution in [3.05, 3.63) is 23.0 Å². The highest BCUT2D eigenvalue weighted by molar-refractivity contribution is 6.31. The van der Waals surface area contributed by atoms with Gasteiger partial charge in [0, 0.05) is 0 Å². The molecule has 1 heterocycles. The highest BCUT2D eigenvalue weighted by atomic mass is 35.5. The van der Waals surface area contributed by atoms with E-state index in [2.05, 4.69) is 4.98 Å². The first-order valence-corrected chi connectivity index (χ1v) is 3.11.